The van der Waals surface area contributed by atoms with Gasteiger partial charge in [-0.05, 0) is 42.9 Å². The molecule has 1 aromatic carbocycles. The quantitative estimate of drug-likeness (QED) is 0.378. The van der Waals surface area contributed by atoms with Crippen LogP contribution in [0.5, 0.6) is 0 Å². The van der Waals surface area contributed by atoms with E-state index in [-0.39, 0.29) is 41.5 Å². The Morgan fingerprint density at radius 3 is 2.62 bits per heavy atom. The molecular formula is C17H26F2IN3O. The van der Waals surface area contributed by atoms with Crippen LogP contribution >= 0.6 is 24.0 Å². The summed E-state index contributed by atoms with van der Waals surface area (Å²) < 4.78 is 32.0. The number of nitrogens with zero attached hydrogens (tertiary/aromatic N) is 1. The molecule has 0 unspecified atom stereocenters. The molecule has 1 aromatic rings. The van der Waals surface area contributed by atoms with Crippen LogP contribution in [0.1, 0.15) is 31.2 Å². The molecule has 0 aromatic heterocycles. The van der Waals surface area contributed by atoms with Crippen LogP contribution in [0.25, 0.3) is 0 Å². The minimum Gasteiger partial charge on any atom is -0.385 e. The molecule has 0 aliphatic heterocycles. The fourth-order valence-electron chi connectivity index (χ4n) is 2.86. The highest BCUT2D eigenvalue weighted by molar-refractivity contribution is 14.0. The van der Waals surface area contributed by atoms with Crippen LogP contribution in [-0.4, -0.2) is 33.3 Å². The molecule has 1 aliphatic carbocycles. The second-order valence-corrected chi connectivity index (χ2v) is 6.11. The number of hydrogen-bond acceptors (Lipinski definition) is 2. The van der Waals surface area contributed by atoms with Crippen molar-refractivity contribution in [3.63, 3.8) is 0 Å². The maximum Gasteiger partial charge on any atom is 0.191 e. The molecule has 24 heavy (non-hydrogen) atoms. The van der Waals surface area contributed by atoms with Gasteiger partial charge in [0.05, 0.1) is 0 Å². The summed E-state index contributed by atoms with van der Waals surface area (Å²) in [5.41, 5.74) is 0.545. The highest BCUT2D eigenvalue weighted by Crippen LogP contribution is 2.43. The topological polar surface area (TPSA) is 45.7 Å². The van der Waals surface area contributed by atoms with E-state index in [4.69, 9.17) is 4.74 Å². The SMILES string of the molecule is CN=C(NCc1cc(F)ccc1F)NCC1(CCOC)CCC1.I. The monoisotopic (exact) mass is 453 g/mol. The molecule has 7 heteroatoms. The van der Waals surface area contributed by atoms with Gasteiger partial charge in [0.25, 0.3) is 0 Å². The zero-order valence-corrected chi connectivity index (χ0v) is 16.5. The third-order valence-electron chi connectivity index (χ3n) is 4.56. The molecule has 0 amide bonds. The minimum atomic E-state index is -0.445. The number of halogens is 3. The van der Waals surface area contributed by atoms with E-state index >= 15 is 0 Å². The van der Waals surface area contributed by atoms with Crippen molar-refractivity contribution in [3.8, 4) is 0 Å². The van der Waals surface area contributed by atoms with Gasteiger partial charge in [-0.15, -0.1) is 24.0 Å². The van der Waals surface area contributed by atoms with Crippen molar-refractivity contribution in [1.29, 1.82) is 0 Å². The van der Waals surface area contributed by atoms with E-state index in [9.17, 15) is 8.78 Å². The summed E-state index contributed by atoms with van der Waals surface area (Å²) >= 11 is 0. The standard InChI is InChI=1S/C17H25F2N3O.HI/c1-20-16(21-11-13-10-14(18)4-5-15(13)19)22-12-17(6-3-7-17)8-9-23-2;/h4-5,10H,3,6-9,11-12H2,1-2H3,(H2,20,21,22);1H. The highest BCUT2D eigenvalue weighted by atomic mass is 127. The van der Waals surface area contributed by atoms with Crippen molar-refractivity contribution in [2.45, 2.75) is 32.2 Å². The lowest BCUT2D eigenvalue weighted by molar-refractivity contribution is 0.0732. The second-order valence-electron chi connectivity index (χ2n) is 6.11. The summed E-state index contributed by atoms with van der Waals surface area (Å²) in [4.78, 5) is 4.14. The summed E-state index contributed by atoms with van der Waals surface area (Å²) in [7, 11) is 3.38. The molecule has 1 aliphatic rings. The summed E-state index contributed by atoms with van der Waals surface area (Å²) in [6, 6.07) is 3.44. The van der Waals surface area contributed by atoms with Crippen LogP contribution in [0.4, 0.5) is 8.78 Å². The Morgan fingerprint density at radius 2 is 2.04 bits per heavy atom. The molecule has 2 N–H and O–H groups in total. The van der Waals surface area contributed by atoms with Gasteiger partial charge in [-0.3, -0.25) is 4.99 Å². The number of methoxy groups -OCH3 is 1. The fourth-order valence-corrected chi connectivity index (χ4v) is 2.86. The molecule has 136 valence electrons. The van der Waals surface area contributed by atoms with E-state index in [1.165, 1.54) is 25.3 Å². The van der Waals surface area contributed by atoms with Gasteiger partial charge in [0, 0.05) is 39.4 Å². The third-order valence-corrected chi connectivity index (χ3v) is 4.56. The lowest BCUT2D eigenvalue weighted by Gasteiger charge is -2.42. The van der Waals surface area contributed by atoms with Crippen LogP contribution in [-0.2, 0) is 11.3 Å². The average molecular weight is 453 g/mol. The molecule has 0 bridgehead atoms. The molecule has 1 fully saturated rings. The molecule has 0 radical (unpaired) electrons. The summed E-state index contributed by atoms with van der Waals surface area (Å²) in [6.45, 7) is 1.75. The van der Waals surface area contributed by atoms with E-state index in [2.05, 4.69) is 15.6 Å². The zero-order valence-electron chi connectivity index (χ0n) is 14.2. The van der Waals surface area contributed by atoms with Crippen molar-refractivity contribution < 1.29 is 13.5 Å². The van der Waals surface area contributed by atoms with Gasteiger partial charge in [-0.1, -0.05) is 6.42 Å². The average Bonchev–Trinajstić information content (AvgIpc) is 2.51. The van der Waals surface area contributed by atoms with Crippen molar-refractivity contribution in [2.24, 2.45) is 10.4 Å². The Hall–Kier alpha value is -0.960. The number of nitrogens with one attached hydrogen (secondary N) is 2. The smallest absolute Gasteiger partial charge is 0.191 e. The maximum absolute atomic E-state index is 13.6. The largest absolute Gasteiger partial charge is 0.385 e. The Balaban J connectivity index is 0.00000288. The molecular weight excluding hydrogens is 427 g/mol. The van der Waals surface area contributed by atoms with E-state index < -0.39 is 11.6 Å². The zero-order chi connectivity index (χ0) is 16.7. The number of guanidine groups is 1. The molecule has 0 heterocycles. The summed E-state index contributed by atoms with van der Waals surface area (Å²) in [5, 5.41) is 6.32. The molecule has 1 saturated carbocycles. The van der Waals surface area contributed by atoms with Crippen LogP contribution in [0.2, 0.25) is 0 Å². The van der Waals surface area contributed by atoms with E-state index in [0.29, 0.717) is 5.96 Å². The van der Waals surface area contributed by atoms with Crippen molar-refractivity contribution in [3.05, 3.63) is 35.4 Å². The first-order chi connectivity index (χ1) is 11.1. The first kappa shape index (κ1) is 21.1. The van der Waals surface area contributed by atoms with Crippen molar-refractivity contribution >= 4 is 29.9 Å². The third kappa shape index (κ3) is 5.84. The molecule has 2 rings (SSSR count). The van der Waals surface area contributed by atoms with Crippen molar-refractivity contribution in [2.75, 3.05) is 27.3 Å². The van der Waals surface area contributed by atoms with Gasteiger partial charge in [-0.25, -0.2) is 8.78 Å². The second kappa shape index (κ2) is 10.1. The van der Waals surface area contributed by atoms with E-state index in [1.54, 1.807) is 14.2 Å². The number of rotatable bonds is 7. The number of ether oxygens (including phenoxy) is 1. The minimum absolute atomic E-state index is 0. The number of hydrogen-bond donors (Lipinski definition) is 2. The van der Waals surface area contributed by atoms with Gasteiger partial charge in [0.2, 0.25) is 0 Å². The van der Waals surface area contributed by atoms with Gasteiger partial charge in [0.1, 0.15) is 11.6 Å². The normalized spacial score (nSPS) is 16.1. The van der Waals surface area contributed by atoms with Crippen LogP contribution in [0.3, 0.4) is 0 Å². The summed E-state index contributed by atoms with van der Waals surface area (Å²) in [6.07, 6.45) is 4.62. The maximum atomic E-state index is 13.6. The Labute approximate surface area is 159 Å². The van der Waals surface area contributed by atoms with E-state index in [0.717, 1.165) is 31.7 Å². The van der Waals surface area contributed by atoms with Gasteiger partial charge in [0.15, 0.2) is 5.96 Å². The molecule has 0 atom stereocenters. The van der Waals surface area contributed by atoms with Gasteiger partial charge >= 0.3 is 0 Å². The molecule has 4 nitrogen and oxygen atoms in total. The first-order valence-corrected chi connectivity index (χ1v) is 7.96. The van der Waals surface area contributed by atoms with Gasteiger partial charge in [-0.2, -0.15) is 0 Å². The van der Waals surface area contributed by atoms with Crippen LogP contribution in [0.15, 0.2) is 23.2 Å². The lowest BCUT2D eigenvalue weighted by Crippen LogP contribution is -2.46. The van der Waals surface area contributed by atoms with Crippen LogP contribution < -0.4 is 10.6 Å². The Morgan fingerprint density at radius 1 is 1.29 bits per heavy atom. The number of aliphatic imine (C=N–C) groups is 1. The van der Waals surface area contributed by atoms with Crippen molar-refractivity contribution in [1.82, 2.24) is 10.6 Å². The predicted octanol–water partition coefficient (Wildman–Crippen LogP) is 3.45. The Kier molecular flexibility index (Phi) is 8.90. The molecule has 0 spiro atoms. The predicted molar refractivity (Wildman–Crippen MR) is 103 cm³/mol. The first-order valence-electron chi connectivity index (χ1n) is 7.96. The lowest BCUT2D eigenvalue weighted by atomic mass is 9.67. The highest BCUT2D eigenvalue weighted by Gasteiger charge is 2.36. The van der Waals surface area contributed by atoms with E-state index in [1.807, 2.05) is 0 Å². The van der Waals surface area contributed by atoms with Gasteiger partial charge < -0.3 is 15.4 Å². The summed E-state index contributed by atoms with van der Waals surface area (Å²) in [5.74, 6) is -0.276. The number of benzene rings is 1. The Bertz CT molecular complexity index is 551. The molecule has 0 saturated heterocycles. The fraction of sp³-hybridized carbons (Fsp3) is 0.588. The van der Waals surface area contributed by atoms with Crippen LogP contribution in [0, 0.1) is 17.0 Å².